The molecule has 3 heterocycles. The van der Waals surface area contributed by atoms with Gasteiger partial charge in [0.05, 0.1) is 35.1 Å². The summed E-state index contributed by atoms with van der Waals surface area (Å²) in [6.45, 7) is 13.8. The largest absolute Gasteiger partial charge is 0.453 e. The third kappa shape index (κ3) is 6.49. The number of alkyl halides is 3. The number of pyridine rings is 1. The van der Waals surface area contributed by atoms with E-state index in [1.54, 1.807) is 33.8 Å². The number of anilines is 1. The molecule has 0 spiro atoms. The van der Waals surface area contributed by atoms with Crippen molar-refractivity contribution in [2.75, 3.05) is 5.32 Å². The van der Waals surface area contributed by atoms with Gasteiger partial charge in [0, 0.05) is 11.7 Å². The van der Waals surface area contributed by atoms with E-state index in [1.807, 2.05) is 0 Å². The van der Waals surface area contributed by atoms with Crippen molar-refractivity contribution >= 4 is 34.8 Å². The molecule has 0 aliphatic carbocycles. The van der Waals surface area contributed by atoms with Gasteiger partial charge >= 0.3 is 6.18 Å². The van der Waals surface area contributed by atoms with E-state index < -0.39 is 35.9 Å². The molecule has 2 N–H and O–H groups in total. The summed E-state index contributed by atoms with van der Waals surface area (Å²) in [6, 6.07) is 7.14. The van der Waals surface area contributed by atoms with Crippen LogP contribution in [-0.4, -0.2) is 52.3 Å². The van der Waals surface area contributed by atoms with Crippen molar-refractivity contribution in [1.29, 1.82) is 0 Å². The smallest absolute Gasteiger partial charge is 0.347 e. The summed E-state index contributed by atoms with van der Waals surface area (Å²) in [5, 5.41) is 19.4. The van der Waals surface area contributed by atoms with Crippen LogP contribution in [-0.2, 0) is 12.7 Å². The Bertz CT molecular complexity index is 1680. The van der Waals surface area contributed by atoms with Crippen molar-refractivity contribution in [3.63, 3.8) is 0 Å². The lowest BCUT2D eigenvalue weighted by Gasteiger charge is -2.22. The summed E-state index contributed by atoms with van der Waals surface area (Å²) in [6.07, 6.45) is -3.43. The third-order valence-electron chi connectivity index (χ3n) is 5.45. The molecule has 2 amide bonds. The van der Waals surface area contributed by atoms with E-state index in [0.717, 1.165) is 4.68 Å². The Morgan fingerprint density at radius 2 is 1.88 bits per heavy atom. The number of hydrogen-bond donors (Lipinski definition) is 2. The number of tetrazole rings is 1. The summed E-state index contributed by atoms with van der Waals surface area (Å²) in [4.78, 5) is 34.3. The average Bonchev–Trinajstić information content (AvgIpc) is 3.52. The maximum atomic E-state index is 13.7. The first-order valence-electron chi connectivity index (χ1n) is 11.9. The lowest BCUT2D eigenvalue weighted by molar-refractivity contribution is -0.147. The number of aromatic nitrogens is 7. The van der Waals surface area contributed by atoms with Gasteiger partial charge in [-0.3, -0.25) is 9.59 Å². The molecule has 12 nitrogen and oxygen atoms in total. The maximum absolute atomic E-state index is 13.7. The van der Waals surface area contributed by atoms with Gasteiger partial charge in [-0.2, -0.15) is 18.3 Å². The Morgan fingerprint density at radius 1 is 1.15 bits per heavy atom. The van der Waals surface area contributed by atoms with Gasteiger partial charge in [0.2, 0.25) is 0 Å². The van der Waals surface area contributed by atoms with Gasteiger partial charge in [0.15, 0.2) is 11.5 Å². The first-order valence-corrected chi connectivity index (χ1v) is 12.2. The van der Waals surface area contributed by atoms with Gasteiger partial charge in [-0.1, -0.05) is 17.7 Å². The van der Waals surface area contributed by atoms with E-state index in [2.05, 4.69) is 41.1 Å². The van der Waals surface area contributed by atoms with Crippen molar-refractivity contribution in [2.24, 2.45) is 0 Å². The average molecular weight is 587 g/mol. The summed E-state index contributed by atoms with van der Waals surface area (Å²) < 4.78 is 41.5. The summed E-state index contributed by atoms with van der Waals surface area (Å²) in [7, 11) is 0. The molecular formula is C25H22ClF3N10O2. The Hall–Kier alpha value is -4.84. The van der Waals surface area contributed by atoms with Crippen LogP contribution in [0.5, 0.6) is 0 Å². The molecule has 41 heavy (non-hydrogen) atoms. The van der Waals surface area contributed by atoms with Crippen LogP contribution in [0.4, 0.5) is 24.5 Å². The fourth-order valence-corrected chi connectivity index (χ4v) is 4.00. The Morgan fingerprint density at radius 3 is 2.51 bits per heavy atom. The monoisotopic (exact) mass is 586 g/mol. The number of rotatable bonds is 6. The van der Waals surface area contributed by atoms with E-state index in [0.29, 0.717) is 10.2 Å². The molecule has 0 aliphatic heterocycles. The van der Waals surface area contributed by atoms with Gasteiger partial charge in [-0.25, -0.2) is 19.2 Å². The van der Waals surface area contributed by atoms with Gasteiger partial charge in [-0.15, -0.1) is 5.10 Å². The zero-order valence-corrected chi connectivity index (χ0v) is 22.8. The van der Waals surface area contributed by atoms with Crippen LogP contribution in [0.2, 0.25) is 5.02 Å². The number of nitrogens with one attached hydrogen (secondary N) is 2. The number of amides is 2. The fraction of sp³-hybridized carbons (Fsp3) is 0.280. The maximum Gasteiger partial charge on any atom is 0.453 e. The molecule has 0 saturated carbocycles. The number of benzene rings is 1. The van der Waals surface area contributed by atoms with Crippen LogP contribution in [0.25, 0.3) is 10.7 Å². The van der Waals surface area contributed by atoms with E-state index in [9.17, 15) is 22.8 Å². The molecule has 0 aliphatic rings. The lowest BCUT2D eigenvalue weighted by atomic mass is 10.0. The molecular weight excluding hydrogens is 565 g/mol. The third-order valence-corrected chi connectivity index (χ3v) is 5.75. The second-order valence-corrected chi connectivity index (χ2v) is 10.3. The minimum Gasteiger partial charge on any atom is -0.347 e. The molecule has 3 aromatic heterocycles. The summed E-state index contributed by atoms with van der Waals surface area (Å²) >= 11 is 6.30. The number of nitrogens with zero attached hydrogens (tertiary/aromatic N) is 8. The van der Waals surface area contributed by atoms with E-state index in [-0.39, 0.29) is 39.2 Å². The Kier molecular flexibility index (Phi) is 7.80. The topological polar surface area (TPSA) is 137 Å². The zero-order chi connectivity index (χ0) is 30.1. The second-order valence-electron chi connectivity index (χ2n) is 9.85. The van der Waals surface area contributed by atoms with Crippen molar-refractivity contribution < 1.29 is 22.8 Å². The van der Waals surface area contributed by atoms with Crippen LogP contribution in [0.15, 0.2) is 36.5 Å². The molecule has 16 heteroatoms. The number of carbonyl (C=O) groups is 2. The molecule has 4 rings (SSSR count). The van der Waals surface area contributed by atoms with E-state index in [4.69, 9.17) is 18.2 Å². The van der Waals surface area contributed by atoms with Gasteiger partial charge in [0.25, 0.3) is 17.6 Å². The minimum atomic E-state index is -4.82. The molecule has 0 unspecified atom stereocenters. The van der Waals surface area contributed by atoms with Crippen LogP contribution in [0, 0.1) is 13.5 Å². The SMILES string of the molecule is [C-]#[N+]c1cc(C)c(NC(=O)c2cc(Cn3nnnc3C(F)(F)F)nn2-c2ncccc2Cl)c(C(=O)NC(C)(C)C)c1. The highest BCUT2D eigenvalue weighted by atomic mass is 35.5. The Labute approximate surface area is 236 Å². The standard InChI is InChI=1S/C25H22ClF3N10O2/c1-13-9-14(30-5)10-16(21(40)33-24(2,3)4)19(13)32-22(41)18-11-15(12-38-23(25(27,28)29)34-36-37-38)35-39(18)20-17(26)7-6-8-31-20/h6-11H,12H2,1-4H3,(H,32,41)(H,33,40). The highest BCUT2D eigenvalue weighted by molar-refractivity contribution is 6.32. The van der Waals surface area contributed by atoms with E-state index >= 15 is 0 Å². The van der Waals surface area contributed by atoms with Crippen LogP contribution < -0.4 is 10.6 Å². The molecule has 212 valence electrons. The normalized spacial score (nSPS) is 11.7. The fourth-order valence-electron chi connectivity index (χ4n) is 3.79. The van der Waals surface area contributed by atoms with Gasteiger partial charge in [-0.05, 0) is 68.0 Å². The molecule has 0 bridgehead atoms. The predicted octanol–water partition coefficient (Wildman–Crippen LogP) is 4.61. The first-order chi connectivity index (χ1) is 19.2. The van der Waals surface area contributed by atoms with Gasteiger partial charge in [0.1, 0.15) is 5.69 Å². The van der Waals surface area contributed by atoms with Crippen molar-refractivity contribution in [2.45, 2.75) is 46.0 Å². The van der Waals surface area contributed by atoms with Crippen LogP contribution in [0.1, 0.15) is 58.7 Å². The first kappa shape index (κ1) is 29.2. The minimum absolute atomic E-state index is 0.0135. The van der Waals surface area contributed by atoms with Crippen molar-refractivity contribution in [3.05, 3.63) is 81.3 Å². The van der Waals surface area contributed by atoms with Crippen molar-refractivity contribution in [1.82, 2.24) is 40.3 Å². The highest BCUT2D eigenvalue weighted by Gasteiger charge is 2.38. The predicted molar refractivity (Wildman–Crippen MR) is 141 cm³/mol. The quantitative estimate of drug-likeness (QED) is 0.315. The molecule has 4 aromatic rings. The highest BCUT2D eigenvalue weighted by Crippen LogP contribution is 2.30. The van der Waals surface area contributed by atoms with Crippen LogP contribution >= 0.6 is 11.6 Å². The Balaban J connectivity index is 1.79. The van der Waals surface area contributed by atoms with Gasteiger partial charge < -0.3 is 10.6 Å². The van der Waals surface area contributed by atoms with Crippen molar-refractivity contribution in [3.8, 4) is 5.82 Å². The number of carbonyl (C=O) groups excluding carboxylic acids is 2. The molecule has 0 radical (unpaired) electrons. The number of halogens is 4. The number of aryl methyl sites for hydroxylation is 1. The van der Waals surface area contributed by atoms with Crippen LogP contribution in [0.3, 0.4) is 0 Å². The summed E-state index contributed by atoms with van der Waals surface area (Å²) in [5.41, 5.74) is 0.00857. The molecule has 0 fully saturated rings. The van der Waals surface area contributed by atoms with E-state index in [1.165, 1.54) is 30.5 Å². The molecule has 1 aromatic carbocycles. The summed E-state index contributed by atoms with van der Waals surface area (Å²) in [5.74, 6) is -2.62. The second kappa shape index (κ2) is 11.0. The molecule has 0 saturated heterocycles. The molecule has 0 atom stereocenters. The zero-order valence-electron chi connectivity index (χ0n) is 22.1. The number of hydrogen-bond acceptors (Lipinski definition) is 7. The lowest BCUT2D eigenvalue weighted by Crippen LogP contribution is -2.41.